The maximum absolute atomic E-state index is 13.6. The number of methoxy groups -OCH3 is 2. The molecule has 0 fully saturated rings. The van der Waals surface area contributed by atoms with E-state index in [9.17, 15) is 24.5 Å². The van der Waals surface area contributed by atoms with Gasteiger partial charge in [0.05, 0.1) is 24.8 Å². The predicted molar refractivity (Wildman–Crippen MR) is 198 cm³/mol. The molecule has 12 heteroatoms. The van der Waals surface area contributed by atoms with Gasteiger partial charge >= 0.3 is 0 Å². The van der Waals surface area contributed by atoms with Gasteiger partial charge in [-0.1, -0.05) is 60.7 Å². The summed E-state index contributed by atoms with van der Waals surface area (Å²) in [4.78, 5) is 51.9. The molecule has 5 rings (SSSR count). The maximum atomic E-state index is 13.6. The zero-order chi connectivity index (χ0) is 36.3. The number of nitrogens with one attached hydrogen (secondary N) is 3. The van der Waals surface area contributed by atoms with Gasteiger partial charge in [-0.2, -0.15) is 0 Å². The van der Waals surface area contributed by atoms with Crippen molar-refractivity contribution in [3.8, 4) is 11.5 Å². The quantitative estimate of drug-likeness (QED) is 0.0487. The summed E-state index contributed by atoms with van der Waals surface area (Å²) in [6.45, 7) is 1.76. The Kier molecular flexibility index (Phi) is 11.8. The number of hydrogen-bond acceptors (Lipinski definition) is 8. The number of hydrogen-bond donors (Lipinski definition) is 3. The first-order chi connectivity index (χ1) is 24.6. The zero-order valence-corrected chi connectivity index (χ0v) is 28.7. The Morgan fingerprint density at radius 2 is 1.45 bits per heavy atom. The number of amides is 3. The van der Waals surface area contributed by atoms with E-state index in [1.165, 1.54) is 44.2 Å². The van der Waals surface area contributed by atoms with E-state index in [-0.39, 0.29) is 17.3 Å². The van der Waals surface area contributed by atoms with Crippen LogP contribution in [0, 0.1) is 17.0 Å². The van der Waals surface area contributed by atoms with Crippen LogP contribution in [0.3, 0.4) is 0 Å². The highest BCUT2D eigenvalue weighted by Crippen LogP contribution is 2.37. The number of benzene rings is 5. The third kappa shape index (κ3) is 9.40. The molecule has 1 unspecified atom stereocenters. The Labute approximate surface area is 298 Å². The van der Waals surface area contributed by atoms with E-state index in [4.69, 9.17) is 9.47 Å². The van der Waals surface area contributed by atoms with E-state index >= 15 is 0 Å². The Balaban J connectivity index is 1.36. The maximum Gasteiger partial charge on any atom is 0.272 e. The van der Waals surface area contributed by atoms with Gasteiger partial charge in [-0.25, -0.2) is 0 Å². The molecule has 5 aromatic rings. The third-order valence-electron chi connectivity index (χ3n) is 7.64. The highest BCUT2D eigenvalue weighted by atomic mass is 32.2. The van der Waals surface area contributed by atoms with E-state index in [0.717, 1.165) is 10.5 Å². The second kappa shape index (κ2) is 16.8. The molecular weight excluding hydrogens is 669 g/mol. The molecule has 1 atom stereocenters. The normalized spacial score (nSPS) is 11.5. The lowest BCUT2D eigenvalue weighted by Crippen LogP contribution is -2.30. The van der Waals surface area contributed by atoms with E-state index in [1.54, 1.807) is 85.8 Å². The monoisotopic (exact) mass is 702 g/mol. The van der Waals surface area contributed by atoms with Crippen molar-refractivity contribution >= 4 is 52.6 Å². The van der Waals surface area contributed by atoms with Crippen molar-refractivity contribution in [2.24, 2.45) is 0 Å². The molecule has 0 aromatic heterocycles. The second-order valence-electron chi connectivity index (χ2n) is 11.1. The highest BCUT2D eigenvalue weighted by Gasteiger charge is 2.24. The molecule has 0 bridgehead atoms. The van der Waals surface area contributed by atoms with E-state index in [2.05, 4.69) is 16.0 Å². The van der Waals surface area contributed by atoms with Gasteiger partial charge in [0.2, 0.25) is 5.91 Å². The fourth-order valence-corrected chi connectivity index (χ4v) is 5.98. The predicted octanol–water partition coefficient (Wildman–Crippen LogP) is 7.80. The molecule has 0 radical (unpaired) electrons. The topological polar surface area (TPSA) is 149 Å². The van der Waals surface area contributed by atoms with Gasteiger partial charge in [0.25, 0.3) is 17.5 Å². The van der Waals surface area contributed by atoms with E-state index < -0.39 is 22.0 Å². The number of nitro benzene ring substituents is 1. The van der Waals surface area contributed by atoms with Gasteiger partial charge in [0, 0.05) is 28.3 Å². The molecule has 11 nitrogen and oxygen atoms in total. The first-order valence-electron chi connectivity index (χ1n) is 15.6. The molecular formula is C39H34N4O7S. The minimum Gasteiger partial charge on any atom is -0.493 e. The standard InChI is InChI=1S/C39H34N4O7S/c1-25-14-18-30(43(47)48)24-32(25)41-39(46)36(27-10-6-4-7-11-27)51-31-19-16-29(17-20-31)40-38(45)33(42-37(44)28-12-8-5-9-13-28)22-26-15-21-34(49-2)35(23-26)50-3/h4-24,36H,1-3H3,(H,40,45)(H,41,46)(H,42,44)/b33-22-. The molecule has 0 aliphatic rings. The van der Waals surface area contributed by atoms with Crippen LogP contribution < -0.4 is 25.4 Å². The lowest BCUT2D eigenvalue weighted by atomic mass is 10.1. The van der Waals surface area contributed by atoms with Crippen LogP contribution >= 0.6 is 11.8 Å². The van der Waals surface area contributed by atoms with Crippen LogP contribution in [0.1, 0.15) is 32.3 Å². The van der Waals surface area contributed by atoms with Crippen molar-refractivity contribution in [3.05, 3.63) is 159 Å². The smallest absolute Gasteiger partial charge is 0.272 e. The Morgan fingerprint density at radius 3 is 2.10 bits per heavy atom. The Morgan fingerprint density at radius 1 is 0.784 bits per heavy atom. The van der Waals surface area contributed by atoms with E-state index in [1.807, 2.05) is 30.3 Å². The van der Waals surface area contributed by atoms with Crippen LogP contribution in [0.25, 0.3) is 6.08 Å². The number of nitro groups is 1. The van der Waals surface area contributed by atoms with Crippen LogP contribution in [0.4, 0.5) is 17.1 Å². The minimum absolute atomic E-state index is 0.00761. The summed E-state index contributed by atoms with van der Waals surface area (Å²) in [5.41, 5.74) is 3.05. The summed E-state index contributed by atoms with van der Waals surface area (Å²) >= 11 is 1.28. The molecule has 258 valence electrons. The van der Waals surface area contributed by atoms with Gasteiger partial charge in [0.1, 0.15) is 10.9 Å². The van der Waals surface area contributed by atoms with Crippen LogP contribution in [-0.2, 0) is 9.59 Å². The van der Waals surface area contributed by atoms with Gasteiger partial charge in [-0.3, -0.25) is 24.5 Å². The van der Waals surface area contributed by atoms with Crippen molar-refractivity contribution in [3.63, 3.8) is 0 Å². The van der Waals surface area contributed by atoms with Crippen LogP contribution in [0.2, 0.25) is 0 Å². The molecule has 3 amide bonds. The summed E-state index contributed by atoms with van der Waals surface area (Å²) in [7, 11) is 3.03. The Hall–Kier alpha value is -6.40. The van der Waals surface area contributed by atoms with Crippen LogP contribution in [0.15, 0.2) is 132 Å². The lowest BCUT2D eigenvalue weighted by molar-refractivity contribution is -0.384. The largest absolute Gasteiger partial charge is 0.493 e. The summed E-state index contributed by atoms with van der Waals surface area (Å²) in [5.74, 6) is -0.418. The van der Waals surface area contributed by atoms with Crippen molar-refractivity contribution in [1.29, 1.82) is 0 Å². The highest BCUT2D eigenvalue weighted by molar-refractivity contribution is 8.00. The molecule has 0 aliphatic carbocycles. The van der Waals surface area contributed by atoms with Crippen LogP contribution in [-0.4, -0.2) is 36.9 Å². The van der Waals surface area contributed by atoms with Gasteiger partial charge in [0.15, 0.2) is 11.5 Å². The molecule has 3 N–H and O–H groups in total. The van der Waals surface area contributed by atoms with Crippen LogP contribution in [0.5, 0.6) is 11.5 Å². The fourth-order valence-electron chi connectivity index (χ4n) is 4.96. The second-order valence-corrected chi connectivity index (χ2v) is 12.3. The molecule has 0 saturated heterocycles. The van der Waals surface area contributed by atoms with Crippen molar-refractivity contribution < 1.29 is 28.8 Å². The number of carbonyl (C=O) groups is 3. The molecule has 0 aliphatic heterocycles. The zero-order valence-electron chi connectivity index (χ0n) is 27.9. The number of anilines is 2. The molecule has 0 spiro atoms. The number of aryl methyl sites for hydroxylation is 1. The van der Waals surface area contributed by atoms with Gasteiger partial charge in [-0.15, -0.1) is 11.8 Å². The molecule has 0 saturated carbocycles. The average molecular weight is 703 g/mol. The van der Waals surface area contributed by atoms with Gasteiger partial charge in [-0.05, 0) is 78.2 Å². The van der Waals surface area contributed by atoms with Gasteiger partial charge < -0.3 is 25.4 Å². The first-order valence-corrected chi connectivity index (χ1v) is 16.5. The molecule has 5 aromatic carbocycles. The number of non-ortho nitro benzene ring substituents is 1. The SMILES string of the molecule is COc1ccc(/C=C(\NC(=O)c2ccccc2)C(=O)Nc2ccc(SC(C(=O)Nc3cc([N+](=O)[O-])ccc3C)c3ccccc3)cc2)cc1OC. The van der Waals surface area contributed by atoms with Crippen molar-refractivity contribution in [2.75, 3.05) is 24.9 Å². The Bertz CT molecular complexity index is 2070. The summed E-state index contributed by atoms with van der Waals surface area (Å²) in [6.07, 6.45) is 1.54. The molecule has 51 heavy (non-hydrogen) atoms. The fraction of sp³-hybridized carbons (Fsp3) is 0.103. The van der Waals surface area contributed by atoms with Crippen molar-refractivity contribution in [1.82, 2.24) is 5.32 Å². The minimum atomic E-state index is -0.700. The number of thioether (sulfide) groups is 1. The molecule has 0 heterocycles. The summed E-state index contributed by atoms with van der Waals surface area (Å²) in [5, 5.41) is 19.1. The first kappa shape index (κ1) is 35.9. The summed E-state index contributed by atoms with van der Waals surface area (Å²) in [6, 6.07) is 34.1. The lowest BCUT2D eigenvalue weighted by Gasteiger charge is -2.18. The number of rotatable bonds is 13. The third-order valence-corrected chi connectivity index (χ3v) is 8.91. The van der Waals surface area contributed by atoms with Crippen molar-refractivity contribution in [2.45, 2.75) is 17.1 Å². The average Bonchev–Trinajstić information content (AvgIpc) is 3.15. The number of nitrogens with zero attached hydrogens (tertiary/aromatic N) is 1. The summed E-state index contributed by atoms with van der Waals surface area (Å²) < 4.78 is 10.7. The van der Waals surface area contributed by atoms with E-state index in [0.29, 0.717) is 39.6 Å². The number of ether oxygens (including phenoxy) is 2. The number of carbonyl (C=O) groups excluding carboxylic acids is 3.